The number of rotatable bonds is 5. The number of pyridine rings is 1. The molecule has 0 saturated heterocycles. The van der Waals surface area contributed by atoms with Crippen LogP contribution in [-0.4, -0.2) is 22.8 Å². The average molecular weight is 239 g/mol. The van der Waals surface area contributed by atoms with Gasteiger partial charge in [0.2, 0.25) is 0 Å². The summed E-state index contributed by atoms with van der Waals surface area (Å²) >= 11 is 1.67. The predicted molar refractivity (Wildman–Crippen MR) is 65.8 cm³/mol. The minimum absolute atomic E-state index is 0.353. The van der Waals surface area contributed by atoms with E-state index < -0.39 is 0 Å². The number of aromatic nitrogens is 1. The van der Waals surface area contributed by atoms with Crippen molar-refractivity contribution in [1.82, 2.24) is 4.98 Å². The molecule has 0 aromatic carbocycles. The molecule has 1 unspecified atom stereocenters. The summed E-state index contributed by atoms with van der Waals surface area (Å²) in [7, 11) is 0. The molecule has 3 nitrogen and oxygen atoms in total. The van der Waals surface area contributed by atoms with Crippen LogP contribution in [0.25, 0.3) is 0 Å². The van der Waals surface area contributed by atoms with Crippen molar-refractivity contribution >= 4 is 17.7 Å². The Morgan fingerprint density at radius 1 is 1.50 bits per heavy atom. The Morgan fingerprint density at radius 2 is 2.25 bits per heavy atom. The van der Waals surface area contributed by atoms with Crippen LogP contribution in [0.15, 0.2) is 23.2 Å². The largest absolute Gasteiger partial charge is 0.461 e. The SMILES string of the molecule is CCOC(=O)c1cccc(SC(C)CC)n1. The number of carbonyl (C=O) groups is 1. The van der Waals surface area contributed by atoms with Crippen LogP contribution >= 0.6 is 11.8 Å². The van der Waals surface area contributed by atoms with Crippen molar-refractivity contribution < 1.29 is 9.53 Å². The highest BCUT2D eigenvalue weighted by Gasteiger charge is 2.10. The lowest BCUT2D eigenvalue weighted by Gasteiger charge is -2.08. The Hall–Kier alpha value is -1.03. The van der Waals surface area contributed by atoms with E-state index in [0.717, 1.165) is 11.4 Å². The third kappa shape index (κ3) is 3.85. The number of ether oxygens (including phenoxy) is 1. The Labute approximate surface area is 101 Å². The van der Waals surface area contributed by atoms with Crippen molar-refractivity contribution in [3.05, 3.63) is 23.9 Å². The third-order valence-electron chi connectivity index (χ3n) is 2.10. The zero-order valence-corrected chi connectivity index (χ0v) is 10.7. The summed E-state index contributed by atoms with van der Waals surface area (Å²) in [4.78, 5) is 15.7. The van der Waals surface area contributed by atoms with Crippen LogP contribution in [0.4, 0.5) is 0 Å². The molecule has 0 radical (unpaired) electrons. The van der Waals surface area contributed by atoms with E-state index >= 15 is 0 Å². The van der Waals surface area contributed by atoms with E-state index in [2.05, 4.69) is 18.8 Å². The van der Waals surface area contributed by atoms with Crippen molar-refractivity contribution in [1.29, 1.82) is 0 Å². The molecule has 1 rings (SSSR count). The lowest BCUT2D eigenvalue weighted by Crippen LogP contribution is -2.07. The van der Waals surface area contributed by atoms with Gasteiger partial charge in [-0.25, -0.2) is 9.78 Å². The molecule has 1 aromatic heterocycles. The van der Waals surface area contributed by atoms with Crippen LogP contribution in [0.1, 0.15) is 37.7 Å². The molecule has 88 valence electrons. The second-order valence-electron chi connectivity index (χ2n) is 3.42. The molecule has 1 atom stereocenters. The summed E-state index contributed by atoms with van der Waals surface area (Å²) in [6, 6.07) is 5.43. The molecule has 0 N–H and O–H groups in total. The number of hydrogen-bond acceptors (Lipinski definition) is 4. The van der Waals surface area contributed by atoms with Gasteiger partial charge in [-0.3, -0.25) is 0 Å². The maximum absolute atomic E-state index is 11.5. The molecule has 16 heavy (non-hydrogen) atoms. The van der Waals surface area contributed by atoms with E-state index in [1.54, 1.807) is 24.8 Å². The van der Waals surface area contributed by atoms with Crippen molar-refractivity contribution in [2.45, 2.75) is 37.5 Å². The molecule has 0 amide bonds. The second kappa shape index (κ2) is 6.53. The van der Waals surface area contributed by atoms with Gasteiger partial charge >= 0.3 is 5.97 Å². The van der Waals surface area contributed by atoms with Crippen LogP contribution in [0.2, 0.25) is 0 Å². The molecule has 0 bridgehead atoms. The normalized spacial score (nSPS) is 12.2. The number of esters is 1. The molecule has 0 aliphatic rings. The van der Waals surface area contributed by atoms with Gasteiger partial charge in [-0.2, -0.15) is 0 Å². The van der Waals surface area contributed by atoms with Crippen LogP contribution in [0, 0.1) is 0 Å². The molecule has 0 saturated carbocycles. The molecular formula is C12H17NO2S. The monoisotopic (exact) mass is 239 g/mol. The highest BCUT2D eigenvalue weighted by atomic mass is 32.2. The van der Waals surface area contributed by atoms with E-state index in [0.29, 0.717) is 17.6 Å². The molecule has 0 spiro atoms. The van der Waals surface area contributed by atoms with Crippen molar-refractivity contribution in [2.75, 3.05) is 6.61 Å². The van der Waals surface area contributed by atoms with Gasteiger partial charge < -0.3 is 4.74 Å². The predicted octanol–water partition coefficient (Wildman–Crippen LogP) is 3.15. The standard InChI is InChI=1S/C12H17NO2S/c1-4-9(3)16-11-8-6-7-10(13-11)12(14)15-5-2/h6-9H,4-5H2,1-3H3. The average Bonchev–Trinajstić information content (AvgIpc) is 2.29. The number of hydrogen-bond donors (Lipinski definition) is 0. The number of nitrogens with zero attached hydrogens (tertiary/aromatic N) is 1. The van der Waals surface area contributed by atoms with Gasteiger partial charge in [0, 0.05) is 5.25 Å². The molecule has 0 aliphatic carbocycles. The fourth-order valence-electron chi connectivity index (χ4n) is 1.09. The molecule has 0 aliphatic heterocycles. The van der Waals surface area contributed by atoms with Gasteiger partial charge in [-0.1, -0.05) is 19.9 Å². The summed E-state index contributed by atoms with van der Waals surface area (Å²) in [5.74, 6) is -0.353. The summed E-state index contributed by atoms with van der Waals surface area (Å²) in [5.41, 5.74) is 0.384. The van der Waals surface area contributed by atoms with E-state index in [9.17, 15) is 4.79 Å². The first-order valence-corrected chi connectivity index (χ1v) is 6.36. The molecule has 4 heteroatoms. The summed E-state index contributed by atoms with van der Waals surface area (Å²) in [6.45, 7) is 6.44. The van der Waals surface area contributed by atoms with Gasteiger partial charge in [0.25, 0.3) is 0 Å². The smallest absolute Gasteiger partial charge is 0.356 e. The Morgan fingerprint density at radius 3 is 2.88 bits per heavy atom. The fraction of sp³-hybridized carbons (Fsp3) is 0.500. The lowest BCUT2D eigenvalue weighted by atomic mass is 10.3. The van der Waals surface area contributed by atoms with E-state index in [-0.39, 0.29) is 5.97 Å². The quantitative estimate of drug-likeness (QED) is 0.584. The topological polar surface area (TPSA) is 39.2 Å². The van der Waals surface area contributed by atoms with Crippen molar-refractivity contribution in [3.8, 4) is 0 Å². The van der Waals surface area contributed by atoms with Crippen LogP contribution < -0.4 is 0 Å². The van der Waals surface area contributed by atoms with Crippen molar-refractivity contribution in [3.63, 3.8) is 0 Å². The van der Waals surface area contributed by atoms with Gasteiger partial charge in [0.15, 0.2) is 0 Å². The first-order chi connectivity index (χ1) is 7.67. The molecule has 1 aromatic rings. The van der Waals surface area contributed by atoms with Gasteiger partial charge in [-0.15, -0.1) is 11.8 Å². The Kier molecular flexibility index (Phi) is 5.32. The molecule has 0 fully saturated rings. The van der Waals surface area contributed by atoms with E-state index in [1.807, 2.05) is 12.1 Å². The van der Waals surface area contributed by atoms with E-state index in [4.69, 9.17) is 4.74 Å². The van der Waals surface area contributed by atoms with Gasteiger partial charge in [0.05, 0.1) is 11.6 Å². The van der Waals surface area contributed by atoms with Crippen LogP contribution in [-0.2, 0) is 4.74 Å². The first kappa shape index (κ1) is 13.0. The lowest BCUT2D eigenvalue weighted by molar-refractivity contribution is 0.0518. The zero-order valence-electron chi connectivity index (χ0n) is 9.90. The second-order valence-corrected chi connectivity index (χ2v) is 4.88. The Balaban J connectivity index is 2.74. The summed E-state index contributed by atoms with van der Waals surface area (Å²) in [5, 5.41) is 1.38. The molecular weight excluding hydrogens is 222 g/mol. The van der Waals surface area contributed by atoms with Crippen LogP contribution in [0.3, 0.4) is 0 Å². The van der Waals surface area contributed by atoms with Gasteiger partial charge in [-0.05, 0) is 25.5 Å². The minimum Gasteiger partial charge on any atom is -0.461 e. The minimum atomic E-state index is -0.353. The highest BCUT2D eigenvalue weighted by Crippen LogP contribution is 2.23. The highest BCUT2D eigenvalue weighted by molar-refractivity contribution is 7.99. The fourth-order valence-corrected chi connectivity index (χ4v) is 1.98. The molecule has 1 heterocycles. The third-order valence-corrected chi connectivity index (χ3v) is 3.31. The van der Waals surface area contributed by atoms with E-state index in [1.165, 1.54) is 0 Å². The summed E-state index contributed by atoms with van der Waals surface area (Å²) in [6.07, 6.45) is 1.08. The van der Waals surface area contributed by atoms with Crippen LogP contribution in [0.5, 0.6) is 0 Å². The maximum atomic E-state index is 11.5. The van der Waals surface area contributed by atoms with Gasteiger partial charge in [0.1, 0.15) is 5.69 Å². The van der Waals surface area contributed by atoms with Crippen molar-refractivity contribution in [2.24, 2.45) is 0 Å². The number of carbonyl (C=O) groups excluding carboxylic acids is 1. The first-order valence-electron chi connectivity index (χ1n) is 5.48. The summed E-state index contributed by atoms with van der Waals surface area (Å²) < 4.78 is 4.90. The zero-order chi connectivity index (χ0) is 12.0. The maximum Gasteiger partial charge on any atom is 0.356 e. The Bertz CT molecular complexity index is 355. The number of thioether (sulfide) groups is 1.